The average Bonchev–Trinajstić information content (AvgIpc) is 3.15. The lowest BCUT2D eigenvalue weighted by Crippen LogP contribution is -2.00. The Kier molecular flexibility index (Phi) is 5.55. The minimum Gasteiger partial charge on any atom is -0.497 e. The number of fused-ring (bicyclic) bond motifs is 1. The van der Waals surface area contributed by atoms with Crippen LogP contribution in [0.15, 0.2) is 56.0 Å². The van der Waals surface area contributed by atoms with Crippen LogP contribution in [0.2, 0.25) is 0 Å². The number of aryl methyl sites for hydroxylation is 2. The number of anilines is 2. The first-order chi connectivity index (χ1) is 14.0. The lowest BCUT2D eigenvalue weighted by Gasteiger charge is -2.07. The molecule has 1 N–H and O–H groups in total. The van der Waals surface area contributed by atoms with Crippen molar-refractivity contribution in [2.24, 2.45) is 0 Å². The van der Waals surface area contributed by atoms with Crippen molar-refractivity contribution in [3.8, 4) is 5.75 Å². The fourth-order valence-corrected chi connectivity index (χ4v) is 4.62. The van der Waals surface area contributed by atoms with E-state index in [4.69, 9.17) is 9.15 Å². The van der Waals surface area contributed by atoms with Crippen LogP contribution in [0.3, 0.4) is 0 Å². The number of hydrogen-bond donors (Lipinski definition) is 1. The number of methoxy groups -OCH3 is 1. The molecule has 4 aromatic rings. The molecule has 0 saturated heterocycles. The molecule has 0 radical (unpaired) electrons. The van der Waals surface area contributed by atoms with E-state index in [1.807, 2.05) is 37.3 Å². The summed E-state index contributed by atoms with van der Waals surface area (Å²) in [6.45, 7) is 4.06. The average molecular weight is 426 g/mol. The number of benzene rings is 2. The van der Waals surface area contributed by atoms with Gasteiger partial charge in [0.1, 0.15) is 11.3 Å². The van der Waals surface area contributed by atoms with Gasteiger partial charge in [-0.25, -0.2) is 4.79 Å². The summed E-state index contributed by atoms with van der Waals surface area (Å²) in [6, 6.07) is 13.2. The summed E-state index contributed by atoms with van der Waals surface area (Å²) in [5.74, 6) is 1.41. The van der Waals surface area contributed by atoms with Crippen LogP contribution >= 0.6 is 23.1 Å². The molecular formula is C21H19N3O3S2. The van der Waals surface area contributed by atoms with Crippen LogP contribution < -0.4 is 15.7 Å². The number of rotatable bonds is 6. The van der Waals surface area contributed by atoms with Gasteiger partial charge in [0, 0.05) is 22.9 Å². The van der Waals surface area contributed by atoms with Gasteiger partial charge in [-0.15, -0.1) is 10.2 Å². The lowest BCUT2D eigenvalue weighted by molar-refractivity contribution is 0.415. The Hall–Kier alpha value is -2.84. The van der Waals surface area contributed by atoms with E-state index in [2.05, 4.69) is 28.5 Å². The summed E-state index contributed by atoms with van der Waals surface area (Å²) >= 11 is 3.02. The van der Waals surface area contributed by atoms with Crippen molar-refractivity contribution in [1.29, 1.82) is 0 Å². The van der Waals surface area contributed by atoms with E-state index < -0.39 is 0 Å². The summed E-state index contributed by atoms with van der Waals surface area (Å²) in [5, 5.41) is 13.3. The van der Waals surface area contributed by atoms with Crippen molar-refractivity contribution in [1.82, 2.24) is 10.2 Å². The summed E-state index contributed by atoms with van der Waals surface area (Å²) in [7, 11) is 1.64. The monoisotopic (exact) mass is 425 g/mol. The highest BCUT2D eigenvalue weighted by molar-refractivity contribution is 8.00. The summed E-state index contributed by atoms with van der Waals surface area (Å²) in [6.07, 6.45) is 0. The van der Waals surface area contributed by atoms with Crippen LogP contribution in [0.1, 0.15) is 16.7 Å². The van der Waals surface area contributed by atoms with Crippen LogP contribution in [-0.2, 0) is 5.75 Å². The quantitative estimate of drug-likeness (QED) is 0.331. The molecule has 8 heteroatoms. The van der Waals surface area contributed by atoms with Crippen molar-refractivity contribution >= 4 is 44.9 Å². The van der Waals surface area contributed by atoms with Gasteiger partial charge in [-0.05, 0) is 66.9 Å². The molecule has 2 aromatic carbocycles. The molecule has 2 heterocycles. The second-order valence-electron chi connectivity index (χ2n) is 6.54. The van der Waals surface area contributed by atoms with Crippen molar-refractivity contribution < 1.29 is 9.15 Å². The van der Waals surface area contributed by atoms with Gasteiger partial charge in [-0.2, -0.15) is 0 Å². The predicted octanol–water partition coefficient (Wildman–Crippen LogP) is 5.31. The molecular weight excluding hydrogens is 406 g/mol. The second-order valence-corrected chi connectivity index (χ2v) is 8.74. The van der Waals surface area contributed by atoms with E-state index in [-0.39, 0.29) is 5.63 Å². The maximum absolute atomic E-state index is 11.9. The van der Waals surface area contributed by atoms with Crippen molar-refractivity contribution in [2.45, 2.75) is 23.9 Å². The van der Waals surface area contributed by atoms with Crippen molar-refractivity contribution in [3.05, 3.63) is 69.6 Å². The summed E-state index contributed by atoms with van der Waals surface area (Å²) in [4.78, 5) is 11.9. The Morgan fingerprint density at radius 2 is 1.86 bits per heavy atom. The molecule has 0 spiro atoms. The third kappa shape index (κ3) is 4.44. The number of hydrogen-bond acceptors (Lipinski definition) is 8. The topological polar surface area (TPSA) is 77.2 Å². The zero-order chi connectivity index (χ0) is 20.4. The van der Waals surface area contributed by atoms with Crippen LogP contribution in [0.25, 0.3) is 11.0 Å². The van der Waals surface area contributed by atoms with Gasteiger partial charge in [0.15, 0.2) is 4.34 Å². The Morgan fingerprint density at radius 1 is 1.10 bits per heavy atom. The zero-order valence-electron chi connectivity index (χ0n) is 16.2. The van der Waals surface area contributed by atoms with Gasteiger partial charge in [-0.1, -0.05) is 23.1 Å². The van der Waals surface area contributed by atoms with Gasteiger partial charge < -0.3 is 14.5 Å². The Balaban J connectivity index is 1.50. The minimum atomic E-state index is -0.338. The lowest BCUT2D eigenvalue weighted by atomic mass is 10.0. The summed E-state index contributed by atoms with van der Waals surface area (Å²) < 4.78 is 11.4. The van der Waals surface area contributed by atoms with Crippen LogP contribution in [-0.4, -0.2) is 17.3 Å². The Labute approximate surface area is 175 Å². The van der Waals surface area contributed by atoms with E-state index in [1.54, 1.807) is 24.9 Å². The van der Waals surface area contributed by atoms with Crippen LogP contribution in [0.4, 0.5) is 10.8 Å². The Morgan fingerprint density at radius 3 is 2.62 bits per heavy atom. The number of thioether (sulfide) groups is 1. The molecule has 4 rings (SSSR count). The molecule has 29 heavy (non-hydrogen) atoms. The van der Waals surface area contributed by atoms with Gasteiger partial charge >= 0.3 is 5.63 Å². The van der Waals surface area contributed by atoms with Gasteiger partial charge in [0.2, 0.25) is 5.13 Å². The maximum atomic E-state index is 11.9. The number of ether oxygens (including phenoxy) is 1. The fraction of sp³-hybridized carbons (Fsp3) is 0.190. The Bertz CT molecular complexity index is 1220. The van der Waals surface area contributed by atoms with Gasteiger partial charge in [0.25, 0.3) is 0 Å². The second kappa shape index (κ2) is 8.26. The first kappa shape index (κ1) is 19.5. The molecule has 0 aliphatic rings. The minimum absolute atomic E-state index is 0.338. The van der Waals surface area contributed by atoms with E-state index in [1.165, 1.54) is 16.9 Å². The first-order valence-corrected chi connectivity index (χ1v) is 10.7. The molecule has 0 atom stereocenters. The molecule has 0 amide bonds. The van der Waals surface area contributed by atoms with E-state index in [0.29, 0.717) is 16.5 Å². The molecule has 0 unspecified atom stereocenters. The number of nitrogens with zero attached hydrogens (tertiary/aromatic N) is 2. The van der Waals surface area contributed by atoms with Crippen LogP contribution in [0, 0.1) is 13.8 Å². The smallest absolute Gasteiger partial charge is 0.336 e. The number of nitrogens with one attached hydrogen (secondary N) is 1. The van der Waals surface area contributed by atoms with E-state index in [0.717, 1.165) is 32.3 Å². The molecule has 0 bridgehead atoms. The normalized spacial score (nSPS) is 11.0. The zero-order valence-corrected chi connectivity index (χ0v) is 17.8. The van der Waals surface area contributed by atoms with E-state index in [9.17, 15) is 4.79 Å². The standard InChI is InChI=1S/C21H19N3O3S2/c1-12-8-17-14(10-19(25)27-18(17)9-13(12)2)11-28-21-24-23-20(29-21)22-15-4-6-16(26-3)7-5-15/h4-10H,11H2,1-3H3,(H,22,23). The SMILES string of the molecule is COc1ccc(Nc2nnc(SCc3cc(=O)oc4cc(C)c(C)cc34)s2)cc1. The van der Waals surface area contributed by atoms with Crippen molar-refractivity contribution in [3.63, 3.8) is 0 Å². The van der Waals surface area contributed by atoms with Gasteiger partial charge in [0.05, 0.1) is 7.11 Å². The van der Waals surface area contributed by atoms with Gasteiger partial charge in [-0.3, -0.25) is 0 Å². The molecule has 0 aliphatic heterocycles. The van der Waals surface area contributed by atoms with Crippen molar-refractivity contribution in [2.75, 3.05) is 12.4 Å². The molecule has 2 aromatic heterocycles. The largest absolute Gasteiger partial charge is 0.497 e. The molecule has 0 saturated carbocycles. The highest BCUT2D eigenvalue weighted by Crippen LogP contribution is 2.32. The van der Waals surface area contributed by atoms with E-state index >= 15 is 0 Å². The molecule has 148 valence electrons. The first-order valence-electron chi connectivity index (χ1n) is 8.93. The summed E-state index contributed by atoms with van der Waals surface area (Å²) in [5.41, 5.74) is 4.40. The molecule has 6 nitrogen and oxygen atoms in total. The predicted molar refractivity (Wildman–Crippen MR) is 118 cm³/mol. The highest BCUT2D eigenvalue weighted by Gasteiger charge is 2.11. The fourth-order valence-electron chi connectivity index (χ4n) is 2.86. The number of aromatic nitrogens is 2. The molecule has 0 fully saturated rings. The third-order valence-electron chi connectivity index (χ3n) is 4.54. The third-order valence-corrected chi connectivity index (χ3v) is 6.56. The maximum Gasteiger partial charge on any atom is 0.336 e. The van der Waals surface area contributed by atoms with Crippen LogP contribution in [0.5, 0.6) is 5.75 Å². The molecule has 0 aliphatic carbocycles. The highest BCUT2D eigenvalue weighted by atomic mass is 32.2.